The first-order valence-electron chi connectivity index (χ1n) is 9.33. The Hall–Kier alpha value is -3.91. The second-order valence-corrected chi connectivity index (χ2v) is 7.02. The average Bonchev–Trinajstić information content (AvgIpc) is 3.01. The molecule has 2 aromatic carbocycles. The van der Waals surface area contributed by atoms with Gasteiger partial charge in [-0.25, -0.2) is 4.68 Å². The predicted octanol–water partition coefficient (Wildman–Crippen LogP) is 4.38. The largest absolute Gasteiger partial charge is 0.343 e. The fourth-order valence-corrected chi connectivity index (χ4v) is 3.77. The van der Waals surface area contributed by atoms with E-state index < -0.39 is 5.56 Å². The SMILES string of the molecule is Cc1cc(C)n(/N=C/c2c(-c3ccccc3)n(C)c3ccccc23)c(=O)c1C#N. The van der Waals surface area contributed by atoms with Gasteiger partial charge in [-0.05, 0) is 37.1 Å². The van der Waals surface area contributed by atoms with Crippen molar-refractivity contribution in [1.82, 2.24) is 9.24 Å². The summed E-state index contributed by atoms with van der Waals surface area (Å²) in [5.74, 6) is 0. The second-order valence-electron chi connectivity index (χ2n) is 7.02. The van der Waals surface area contributed by atoms with Crippen LogP contribution in [-0.4, -0.2) is 15.5 Å². The molecule has 2 heterocycles. The number of aromatic nitrogens is 2. The molecule has 0 N–H and O–H groups in total. The third-order valence-corrected chi connectivity index (χ3v) is 5.17. The highest BCUT2D eigenvalue weighted by Gasteiger charge is 2.15. The number of para-hydroxylation sites is 1. The number of rotatable bonds is 3. The summed E-state index contributed by atoms with van der Waals surface area (Å²) in [4.78, 5) is 12.7. The Morgan fingerprint density at radius 2 is 1.72 bits per heavy atom. The van der Waals surface area contributed by atoms with Crippen LogP contribution in [0.15, 0.2) is 70.6 Å². The molecule has 0 spiro atoms. The second kappa shape index (κ2) is 7.25. The molecule has 0 atom stereocenters. The van der Waals surface area contributed by atoms with Crippen molar-refractivity contribution in [3.05, 3.63) is 93.4 Å². The summed E-state index contributed by atoms with van der Waals surface area (Å²) in [6.07, 6.45) is 1.72. The molecule has 0 bridgehead atoms. The first-order valence-corrected chi connectivity index (χ1v) is 9.33. The molecule has 0 unspecified atom stereocenters. The first kappa shape index (κ1) is 18.5. The van der Waals surface area contributed by atoms with Crippen molar-refractivity contribution in [2.24, 2.45) is 12.1 Å². The van der Waals surface area contributed by atoms with Crippen LogP contribution in [0.4, 0.5) is 0 Å². The Kier molecular flexibility index (Phi) is 4.61. The fraction of sp³-hybridized carbons (Fsp3) is 0.125. The molecule has 0 radical (unpaired) electrons. The summed E-state index contributed by atoms with van der Waals surface area (Å²) in [5.41, 5.74) is 5.17. The Bertz CT molecular complexity index is 1350. The zero-order valence-corrected chi connectivity index (χ0v) is 16.5. The molecule has 29 heavy (non-hydrogen) atoms. The van der Waals surface area contributed by atoms with Gasteiger partial charge in [-0.3, -0.25) is 4.79 Å². The number of pyridine rings is 1. The van der Waals surface area contributed by atoms with Gasteiger partial charge in [0.1, 0.15) is 11.6 Å². The lowest BCUT2D eigenvalue weighted by Gasteiger charge is -2.08. The van der Waals surface area contributed by atoms with Crippen LogP contribution in [0.5, 0.6) is 0 Å². The molecule has 5 heteroatoms. The molecule has 0 saturated heterocycles. The minimum atomic E-state index is -0.400. The topological polar surface area (TPSA) is 63.1 Å². The third kappa shape index (κ3) is 3.05. The van der Waals surface area contributed by atoms with Crippen molar-refractivity contribution in [2.45, 2.75) is 13.8 Å². The van der Waals surface area contributed by atoms with Crippen molar-refractivity contribution in [1.29, 1.82) is 5.26 Å². The van der Waals surface area contributed by atoms with Crippen LogP contribution in [0.1, 0.15) is 22.4 Å². The lowest BCUT2D eigenvalue weighted by Crippen LogP contribution is -2.22. The zero-order chi connectivity index (χ0) is 20.5. The van der Waals surface area contributed by atoms with E-state index in [9.17, 15) is 10.1 Å². The minimum absolute atomic E-state index is 0.119. The first-order chi connectivity index (χ1) is 14.0. The van der Waals surface area contributed by atoms with E-state index >= 15 is 0 Å². The quantitative estimate of drug-likeness (QED) is 0.495. The Morgan fingerprint density at radius 1 is 1.03 bits per heavy atom. The molecule has 5 nitrogen and oxygen atoms in total. The molecule has 4 rings (SSSR count). The van der Waals surface area contributed by atoms with E-state index in [1.165, 1.54) is 4.68 Å². The zero-order valence-electron chi connectivity index (χ0n) is 16.5. The van der Waals surface area contributed by atoms with E-state index in [4.69, 9.17) is 0 Å². The maximum atomic E-state index is 12.7. The van der Waals surface area contributed by atoms with Crippen LogP contribution in [0.3, 0.4) is 0 Å². The molecular formula is C24H20N4O. The van der Waals surface area contributed by atoms with Gasteiger partial charge in [-0.1, -0.05) is 48.5 Å². The normalized spacial score (nSPS) is 11.2. The minimum Gasteiger partial charge on any atom is -0.343 e. The van der Waals surface area contributed by atoms with Gasteiger partial charge >= 0.3 is 0 Å². The molecule has 0 saturated carbocycles. The summed E-state index contributed by atoms with van der Waals surface area (Å²) >= 11 is 0. The van der Waals surface area contributed by atoms with Crippen LogP contribution < -0.4 is 5.56 Å². The average molecular weight is 380 g/mol. The number of benzene rings is 2. The summed E-state index contributed by atoms with van der Waals surface area (Å²) < 4.78 is 3.43. The van der Waals surface area contributed by atoms with Crippen LogP contribution in [0.25, 0.3) is 22.2 Å². The van der Waals surface area contributed by atoms with Crippen molar-refractivity contribution in [3.63, 3.8) is 0 Å². The summed E-state index contributed by atoms with van der Waals surface area (Å²) in [7, 11) is 2.03. The fourth-order valence-electron chi connectivity index (χ4n) is 3.77. The summed E-state index contributed by atoms with van der Waals surface area (Å²) in [6.45, 7) is 3.58. The van der Waals surface area contributed by atoms with Crippen molar-refractivity contribution in [3.8, 4) is 17.3 Å². The molecule has 142 valence electrons. The van der Waals surface area contributed by atoms with Crippen LogP contribution >= 0.6 is 0 Å². The molecular weight excluding hydrogens is 360 g/mol. The molecule has 0 aliphatic heterocycles. The van der Waals surface area contributed by atoms with E-state index in [1.54, 1.807) is 19.2 Å². The van der Waals surface area contributed by atoms with Crippen LogP contribution in [0.2, 0.25) is 0 Å². The lowest BCUT2D eigenvalue weighted by atomic mass is 10.1. The Balaban J connectivity index is 1.97. The van der Waals surface area contributed by atoms with E-state index in [2.05, 4.69) is 33.9 Å². The van der Waals surface area contributed by atoms with Crippen molar-refractivity contribution < 1.29 is 0 Å². The standard InChI is InChI=1S/C24H20N4O/c1-16-13-17(2)28(24(29)20(16)14-25)26-15-21-19-11-7-8-12-22(19)27(3)23(21)18-9-5-4-6-10-18/h4-13,15H,1-3H3/b26-15+. The summed E-state index contributed by atoms with van der Waals surface area (Å²) in [5, 5.41) is 14.9. The number of fused-ring (bicyclic) bond motifs is 1. The number of aryl methyl sites for hydroxylation is 3. The van der Waals surface area contributed by atoms with E-state index in [1.807, 2.05) is 50.4 Å². The number of nitrogens with zero attached hydrogens (tertiary/aromatic N) is 4. The highest BCUT2D eigenvalue weighted by atomic mass is 16.1. The maximum absolute atomic E-state index is 12.7. The van der Waals surface area contributed by atoms with Gasteiger partial charge in [-0.2, -0.15) is 10.4 Å². The molecule has 0 aliphatic carbocycles. The maximum Gasteiger partial charge on any atom is 0.289 e. The molecule has 0 fully saturated rings. The summed E-state index contributed by atoms with van der Waals surface area (Å²) in [6, 6.07) is 22.0. The lowest BCUT2D eigenvalue weighted by molar-refractivity contribution is 0.787. The monoisotopic (exact) mass is 380 g/mol. The van der Waals surface area contributed by atoms with Gasteiger partial charge in [0.15, 0.2) is 0 Å². The van der Waals surface area contributed by atoms with E-state index in [-0.39, 0.29) is 5.56 Å². The highest BCUT2D eigenvalue weighted by Crippen LogP contribution is 2.31. The van der Waals surface area contributed by atoms with Gasteiger partial charge in [0, 0.05) is 29.2 Å². The van der Waals surface area contributed by atoms with Gasteiger partial charge in [-0.15, -0.1) is 0 Å². The van der Waals surface area contributed by atoms with Crippen molar-refractivity contribution >= 4 is 17.1 Å². The van der Waals surface area contributed by atoms with Gasteiger partial charge in [0.05, 0.1) is 11.9 Å². The predicted molar refractivity (Wildman–Crippen MR) is 116 cm³/mol. The highest BCUT2D eigenvalue weighted by molar-refractivity contribution is 6.06. The Labute approximate surface area is 168 Å². The smallest absolute Gasteiger partial charge is 0.289 e. The van der Waals surface area contributed by atoms with Crippen LogP contribution in [-0.2, 0) is 7.05 Å². The molecule has 2 aromatic heterocycles. The molecule has 0 aliphatic rings. The Morgan fingerprint density at radius 3 is 2.45 bits per heavy atom. The van der Waals surface area contributed by atoms with Gasteiger partial charge in [0.2, 0.25) is 0 Å². The molecule has 4 aromatic rings. The van der Waals surface area contributed by atoms with E-state index in [0.717, 1.165) is 27.7 Å². The molecule has 0 amide bonds. The van der Waals surface area contributed by atoms with Crippen molar-refractivity contribution in [2.75, 3.05) is 0 Å². The van der Waals surface area contributed by atoms with Gasteiger partial charge in [0.25, 0.3) is 5.56 Å². The van der Waals surface area contributed by atoms with E-state index in [0.29, 0.717) is 11.3 Å². The van der Waals surface area contributed by atoms with Crippen LogP contribution in [0, 0.1) is 25.2 Å². The number of hydrogen-bond acceptors (Lipinski definition) is 3. The number of hydrogen-bond donors (Lipinski definition) is 0. The van der Waals surface area contributed by atoms with Gasteiger partial charge < -0.3 is 4.57 Å². The number of nitriles is 1. The third-order valence-electron chi connectivity index (χ3n) is 5.17.